The molecule has 1 saturated heterocycles. The number of hydrogen-bond donors (Lipinski definition) is 3. The van der Waals surface area contributed by atoms with Crippen molar-refractivity contribution in [3.05, 3.63) is 101 Å². The van der Waals surface area contributed by atoms with Crippen molar-refractivity contribution >= 4 is 34.7 Å². The Kier molecular flexibility index (Phi) is 9.03. The number of anilines is 2. The number of halogens is 1. The van der Waals surface area contributed by atoms with Gasteiger partial charge >= 0.3 is 0 Å². The number of fused-ring (bicyclic) bond motifs is 1. The van der Waals surface area contributed by atoms with E-state index in [-0.39, 0.29) is 28.8 Å². The second-order valence-corrected chi connectivity index (χ2v) is 11.0. The van der Waals surface area contributed by atoms with E-state index in [0.29, 0.717) is 17.7 Å². The van der Waals surface area contributed by atoms with Crippen LogP contribution in [0.25, 0.3) is 0 Å². The molecule has 40 heavy (non-hydrogen) atoms. The summed E-state index contributed by atoms with van der Waals surface area (Å²) < 4.78 is 13.2. The molecule has 0 unspecified atom stereocenters. The summed E-state index contributed by atoms with van der Waals surface area (Å²) in [5.74, 6) is 0.0789. The number of carbonyl (C=O) groups is 2. The summed E-state index contributed by atoms with van der Waals surface area (Å²) in [5.41, 5.74) is 8.84. The van der Waals surface area contributed by atoms with Gasteiger partial charge in [0.1, 0.15) is 17.2 Å². The van der Waals surface area contributed by atoms with E-state index in [1.165, 1.54) is 17.0 Å². The van der Waals surface area contributed by atoms with Crippen molar-refractivity contribution in [2.45, 2.75) is 11.3 Å². The smallest absolute Gasteiger partial charge is 0.211 e. The predicted octanol–water partition coefficient (Wildman–Crippen LogP) is 4.38. The molecule has 1 aliphatic carbocycles. The van der Waals surface area contributed by atoms with Crippen LogP contribution in [0.4, 0.5) is 15.8 Å². The van der Waals surface area contributed by atoms with Crippen LogP contribution in [-0.2, 0) is 0 Å². The summed E-state index contributed by atoms with van der Waals surface area (Å²) in [7, 11) is 0. The fourth-order valence-corrected chi connectivity index (χ4v) is 5.80. The lowest BCUT2D eigenvalue weighted by molar-refractivity contribution is 0.0967. The number of benzene rings is 3. The Morgan fingerprint density at radius 1 is 0.825 bits per heavy atom. The summed E-state index contributed by atoms with van der Waals surface area (Å²) in [6.07, 6.45) is 0.808. The Morgan fingerprint density at radius 3 is 2.33 bits per heavy atom. The topological polar surface area (TPSA) is 90.7 Å². The van der Waals surface area contributed by atoms with Crippen LogP contribution in [0, 0.1) is 5.82 Å². The summed E-state index contributed by atoms with van der Waals surface area (Å²) in [6, 6.07) is 22.1. The fraction of sp³-hybridized carbons (Fsp3) is 0.290. The minimum absolute atomic E-state index is 0.0228. The van der Waals surface area contributed by atoms with Crippen molar-refractivity contribution in [2.24, 2.45) is 5.73 Å². The number of nitrogens with zero attached hydrogens (tertiary/aromatic N) is 2. The number of piperazine rings is 1. The molecule has 1 heterocycles. The second-order valence-electron chi connectivity index (χ2n) is 9.88. The van der Waals surface area contributed by atoms with Crippen LogP contribution in [0.15, 0.2) is 89.1 Å². The molecule has 9 heteroatoms. The predicted molar refractivity (Wildman–Crippen MR) is 160 cm³/mol. The van der Waals surface area contributed by atoms with Crippen LogP contribution in [0.1, 0.15) is 27.1 Å². The standard InChI is InChI=1S/C31H34FN5O2S/c32-22-7-10-24(11-8-22)37-18-16-36(17-19-37)15-4-13-35-29-28(33)30(38)26-12-9-23(21-27(26)31(29)39)34-14-20-40-25-5-2-1-3-6-25/h1-3,5-12,21,34-35H,4,13-20,33H2. The highest BCUT2D eigenvalue weighted by molar-refractivity contribution is 7.99. The minimum Gasteiger partial charge on any atom is -0.394 e. The van der Waals surface area contributed by atoms with Gasteiger partial charge in [-0.25, -0.2) is 4.39 Å². The molecule has 7 nitrogen and oxygen atoms in total. The lowest BCUT2D eigenvalue weighted by atomic mass is 9.90. The van der Waals surface area contributed by atoms with Gasteiger partial charge in [-0.2, -0.15) is 0 Å². The van der Waals surface area contributed by atoms with Gasteiger partial charge in [-0.3, -0.25) is 14.5 Å². The quantitative estimate of drug-likeness (QED) is 0.236. The van der Waals surface area contributed by atoms with Crippen molar-refractivity contribution in [3.8, 4) is 0 Å². The van der Waals surface area contributed by atoms with E-state index in [2.05, 4.69) is 32.6 Å². The first-order chi connectivity index (χ1) is 19.5. The van der Waals surface area contributed by atoms with Crippen molar-refractivity contribution in [1.29, 1.82) is 0 Å². The molecule has 3 aromatic carbocycles. The van der Waals surface area contributed by atoms with Gasteiger partial charge in [-0.15, -0.1) is 11.8 Å². The molecule has 0 saturated carbocycles. The summed E-state index contributed by atoms with van der Waals surface area (Å²) in [6.45, 7) is 5.70. The third-order valence-corrected chi connectivity index (χ3v) is 8.22. The van der Waals surface area contributed by atoms with Gasteiger partial charge in [0.05, 0.1) is 0 Å². The van der Waals surface area contributed by atoms with Crippen LogP contribution in [0.3, 0.4) is 0 Å². The molecule has 5 rings (SSSR count). The molecule has 1 fully saturated rings. The number of Topliss-reactive ketones (excluding diaryl/α,β-unsaturated/α-hetero) is 2. The Bertz CT molecular complexity index is 1370. The molecule has 208 valence electrons. The van der Waals surface area contributed by atoms with Crippen LogP contribution in [0.2, 0.25) is 0 Å². The number of rotatable bonds is 11. The Labute approximate surface area is 238 Å². The minimum atomic E-state index is -0.319. The van der Waals surface area contributed by atoms with Crippen molar-refractivity contribution in [2.75, 3.05) is 61.8 Å². The first kappa shape index (κ1) is 27.7. The molecule has 1 aliphatic heterocycles. The van der Waals surface area contributed by atoms with Crippen molar-refractivity contribution in [1.82, 2.24) is 10.2 Å². The lowest BCUT2D eigenvalue weighted by Crippen LogP contribution is -2.47. The van der Waals surface area contributed by atoms with E-state index in [1.807, 2.05) is 36.4 Å². The second kappa shape index (κ2) is 13.0. The van der Waals surface area contributed by atoms with Gasteiger partial charge in [0.2, 0.25) is 11.6 Å². The van der Waals surface area contributed by atoms with E-state index in [0.717, 1.165) is 62.8 Å². The van der Waals surface area contributed by atoms with Crippen LogP contribution >= 0.6 is 11.8 Å². The average molecular weight is 560 g/mol. The van der Waals surface area contributed by atoms with Gasteiger partial charge in [0.15, 0.2) is 0 Å². The molecule has 0 atom stereocenters. The van der Waals surface area contributed by atoms with E-state index in [9.17, 15) is 14.0 Å². The van der Waals surface area contributed by atoms with Crippen LogP contribution in [0.5, 0.6) is 0 Å². The molecule has 4 N–H and O–H groups in total. The van der Waals surface area contributed by atoms with Crippen molar-refractivity contribution in [3.63, 3.8) is 0 Å². The molecular formula is C31H34FN5O2S. The van der Waals surface area contributed by atoms with Gasteiger partial charge in [-0.05, 0) is 67.6 Å². The molecule has 3 aromatic rings. The van der Waals surface area contributed by atoms with Crippen LogP contribution in [-0.4, -0.2) is 68.0 Å². The molecule has 0 aromatic heterocycles. The highest BCUT2D eigenvalue weighted by Gasteiger charge is 2.31. The van der Waals surface area contributed by atoms with Gasteiger partial charge in [-0.1, -0.05) is 18.2 Å². The summed E-state index contributed by atoms with van der Waals surface area (Å²) in [5, 5.41) is 6.50. The molecule has 0 bridgehead atoms. The Hall–Kier alpha value is -3.82. The van der Waals surface area contributed by atoms with E-state index < -0.39 is 0 Å². The maximum atomic E-state index is 13.3. The van der Waals surface area contributed by atoms with E-state index in [4.69, 9.17) is 5.73 Å². The molecule has 0 radical (unpaired) electrons. The first-order valence-corrected chi connectivity index (χ1v) is 14.6. The van der Waals surface area contributed by atoms with E-state index >= 15 is 0 Å². The van der Waals surface area contributed by atoms with E-state index in [1.54, 1.807) is 23.9 Å². The van der Waals surface area contributed by atoms with Gasteiger partial charge in [0, 0.05) is 72.4 Å². The van der Waals surface area contributed by atoms with Gasteiger partial charge in [0.25, 0.3) is 0 Å². The lowest BCUT2D eigenvalue weighted by Gasteiger charge is -2.36. The average Bonchev–Trinajstić information content (AvgIpc) is 2.99. The molecule has 2 aliphatic rings. The molecule has 0 spiro atoms. The number of allylic oxidation sites excluding steroid dienone is 2. The van der Waals surface area contributed by atoms with Crippen LogP contribution < -0.4 is 21.3 Å². The monoisotopic (exact) mass is 559 g/mol. The van der Waals surface area contributed by atoms with Gasteiger partial charge < -0.3 is 21.3 Å². The SMILES string of the molecule is NC1=C(NCCCN2CCN(c3ccc(F)cc3)CC2)C(=O)c2cc(NCCSc3ccccc3)ccc2C1=O. The number of thioether (sulfide) groups is 1. The largest absolute Gasteiger partial charge is 0.394 e. The number of nitrogens with one attached hydrogen (secondary N) is 2. The fourth-order valence-electron chi connectivity index (χ4n) is 5.01. The number of nitrogens with two attached hydrogens (primary N) is 1. The summed E-state index contributed by atoms with van der Waals surface area (Å²) in [4.78, 5) is 32.1. The third kappa shape index (κ3) is 6.66. The Balaban J connectivity index is 1.09. The summed E-state index contributed by atoms with van der Waals surface area (Å²) >= 11 is 1.76. The zero-order valence-corrected chi connectivity index (χ0v) is 23.2. The highest BCUT2D eigenvalue weighted by atomic mass is 32.2. The molecular weight excluding hydrogens is 525 g/mol. The normalized spacial score (nSPS) is 15.8. The number of carbonyl (C=O) groups excluding carboxylic acids is 2. The van der Waals surface area contributed by atoms with Crippen molar-refractivity contribution < 1.29 is 14.0 Å². The number of hydrogen-bond acceptors (Lipinski definition) is 8. The zero-order chi connectivity index (χ0) is 27.9. The zero-order valence-electron chi connectivity index (χ0n) is 22.4. The Morgan fingerprint density at radius 2 is 1.57 bits per heavy atom. The third-order valence-electron chi connectivity index (χ3n) is 7.21. The maximum Gasteiger partial charge on any atom is 0.211 e. The first-order valence-electron chi connectivity index (χ1n) is 13.6. The highest BCUT2D eigenvalue weighted by Crippen LogP contribution is 2.26. The maximum absolute atomic E-state index is 13.3. The number of ketones is 2. The molecule has 0 amide bonds.